The van der Waals surface area contributed by atoms with E-state index in [1.165, 1.54) is 0 Å². The Hall–Kier alpha value is 0.700. The van der Waals surface area contributed by atoms with Crippen LogP contribution in [0.3, 0.4) is 0 Å². The molecule has 0 nitrogen and oxygen atoms in total. The molecule has 0 aliphatic heterocycles. The summed E-state index contributed by atoms with van der Waals surface area (Å²) in [6, 6.07) is 0. The molecule has 0 bridgehead atoms. The Morgan fingerprint density at radius 1 is 1.57 bits per heavy atom. The van der Waals surface area contributed by atoms with Crippen molar-refractivity contribution in [2.75, 3.05) is 5.75 Å². The summed E-state index contributed by atoms with van der Waals surface area (Å²) in [5, 5.41) is 0. The molecule has 0 atom stereocenters. The fourth-order valence-corrected chi connectivity index (χ4v) is 1.45. The van der Waals surface area contributed by atoms with Crippen LogP contribution in [0.25, 0.3) is 0 Å². The van der Waals surface area contributed by atoms with E-state index in [0.29, 0.717) is 0 Å². The van der Waals surface area contributed by atoms with Gasteiger partial charge in [0.15, 0.2) is 0 Å². The molecule has 0 aliphatic carbocycles. The zero-order valence-corrected chi connectivity index (χ0v) is 6.77. The molecule has 0 rings (SSSR count). The van der Waals surface area contributed by atoms with Gasteiger partial charge in [-0.1, -0.05) is 6.92 Å². The molecule has 0 aromatic heterocycles. The van der Waals surface area contributed by atoms with Crippen LogP contribution in [-0.2, 0) is 0 Å². The largest absolute Gasteiger partial charge is 0.162 e. The van der Waals surface area contributed by atoms with Gasteiger partial charge in [-0.3, -0.25) is 0 Å². The van der Waals surface area contributed by atoms with Crippen molar-refractivity contribution >= 4 is 24.4 Å². The molecule has 0 radical (unpaired) electrons. The molecule has 0 N–H and O–H groups in total. The molecule has 0 aliphatic rings. The van der Waals surface area contributed by atoms with Crippen LogP contribution in [0, 0.1) is 0 Å². The first-order chi connectivity index (χ1) is 3.06. The van der Waals surface area contributed by atoms with Crippen LogP contribution in [0.15, 0.2) is 0 Å². The highest BCUT2D eigenvalue weighted by Crippen LogP contribution is 2.26. The summed E-state index contributed by atoms with van der Waals surface area (Å²) in [6.07, 6.45) is 0. The zero-order valence-electron chi connectivity index (χ0n) is 5.06. The number of rotatable bonds is 2. The van der Waals surface area contributed by atoms with Gasteiger partial charge in [-0.25, -0.2) is 0 Å². The molecular weight excluding hydrogens is 124 g/mol. The first kappa shape index (κ1) is 7.70. The van der Waals surface area contributed by atoms with E-state index in [-0.39, 0.29) is 4.08 Å². The Morgan fingerprint density at radius 3 is 2.00 bits per heavy atom. The van der Waals surface area contributed by atoms with E-state index in [4.69, 9.17) is 0 Å². The van der Waals surface area contributed by atoms with Gasteiger partial charge in [0.2, 0.25) is 0 Å². The first-order valence-corrected chi connectivity index (χ1v) is 3.86. The third kappa shape index (κ3) is 6.70. The minimum Gasteiger partial charge on any atom is -0.162 e. The third-order valence-electron chi connectivity index (χ3n) is 0.498. The minimum absolute atomic E-state index is 0.161. The predicted octanol–water partition coefficient (Wildman–Crippen LogP) is 2.41. The molecule has 0 aromatic rings. The topological polar surface area (TPSA) is 0 Å². The lowest BCUT2D eigenvalue weighted by Gasteiger charge is -2.13. The van der Waals surface area contributed by atoms with E-state index < -0.39 is 0 Å². The number of thiol groups is 1. The van der Waals surface area contributed by atoms with E-state index in [1.807, 2.05) is 11.8 Å². The van der Waals surface area contributed by atoms with E-state index >= 15 is 0 Å². The average molecular weight is 136 g/mol. The lowest BCUT2D eigenvalue weighted by atomic mass is 10.5. The van der Waals surface area contributed by atoms with E-state index in [0.717, 1.165) is 5.75 Å². The maximum absolute atomic E-state index is 4.30. The second kappa shape index (κ2) is 2.88. The minimum atomic E-state index is 0.161. The highest BCUT2D eigenvalue weighted by molar-refractivity contribution is 8.11. The van der Waals surface area contributed by atoms with Crippen molar-refractivity contribution in [3.63, 3.8) is 0 Å². The van der Waals surface area contributed by atoms with Crippen molar-refractivity contribution in [3.05, 3.63) is 0 Å². The Balaban J connectivity index is 3.15. The fourth-order valence-electron chi connectivity index (χ4n) is 0.353. The van der Waals surface area contributed by atoms with Crippen LogP contribution in [0.4, 0.5) is 0 Å². The second-order valence-corrected chi connectivity index (χ2v) is 5.19. The Bertz CT molecular complexity index is 44.5. The molecule has 0 spiro atoms. The third-order valence-corrected chi connectivity index (χ3v) is 1.88. The number of thioether (sulfide) groups is 1. The van der Waals surface area contributed by atoms with E-state index in [9.17, 15) is 0 Å². The number of hydrogen-bond donors (Lipinski definition) is 1. The molecule has 2 heteroatoms. The van der Waals surface area contributed by atoms with Crippen LogP contribution in [0.5, 0.6) is 0 Å². The molecule has 44 valence electrons. The monoisotopic (exact) mass is 136 g/mol. The number of hydrogen-bond acceptors (Lipinski definition) is 2. The summed E-state index contributed by atoms with van der Waals surface area (Å²) in [6.45, 7) is 6.34. The smallest absolute Gasteiger partial charge is 0.0525 e. The van der Waals surface area contributed by atoms with Crippen LogP contribution in [0.1, 0.15) is 20.8 Å². The van der Waals surface area contributed by atoms with E-state index in [1.54, 1.807) is 0 Å². The van der Waals surface area contributed by atoms with Gasteiger partial charge in [0.05, 0.1) is 4.08 Å². The summed E-state index contributed by atoms with van der Waals surface area (Å²) in [4.78, 5) is 0. The summed E-state index contributed by atoms with van der Waals surface area (Å²) >= 11 is 6.15. The molecule has 0 unspecified atom stereocenters. The van der Waals surface area contributed by atoms with Crippen molar-refractivity contribution in [2.45, 2.75) is 24.9 Å². The predicted molar refractivity (Wildman–Crippen MR) is 41.2 cm³/mol. The summed E-state index contributed by atoms with van der Waals surface area (Å²) in [5.41, 5.74) is 0. The van der Waals surface area contributed by atoms with Crippen LogP contribution >= 0.6 is 24.4 Å². The van der Waals surface area contributed by atoms with Gasteiger partial charge in [-0.15, -0.1) is 11.8 Å². The molecule has 0 saturated heterocycles. The quantitative estimate of drug-likeness (QED) is 0.449. The van der Waals surface area contributed by atoms with Gasteiger partial charge >= 0.3 is 0 Å². The molecule has 0 fully saturated rings. The SMILES string of the molecule is CCSC(C)(C)S. The van der Waals surface area contributed by atoms with Crippen LogP contribution in [0.2, 0.25) is 0 Å². The van der Waals surface area contributed by atoms with Gasteiger partial charge in [-0.2, -0.15) is 12.6 Å². The Morgan fingerprint density at radius 2 is 2.00 bits per heavy atom. The molecule has 0 amide bonds. The highest BCUT2D eigenvalue weighted by Gasteiger charge is 2.08. The van der Waals surface area contributed by atoms with Gasteiger partial charge in [0.1, 0.15) is 0 Å². The highest BCUT2D eigenvalue weighted by atomic mass is 32.2. The van der Waals surface area contributed by atoms with Crippen LogP contribution < -0.4 is 0 Å². The van der Waals surface area contributed by atoms with Crippen molar-refractivity contribution in [1.29, 1.82) is 0 Å². The Kier molecular flexibility index (Phi) is 3.16. The molecule has 0 aromatic carbocycles. The second-order valence-electron chi connectivity index (χ2n) is 1.88. The summed E-state index contributed by atoms with van der Waals surface area (Å²) < 4.78 is 0.161. The average Bonchev–Trinajstić information content (AvgIpc) is 1.30. The van der Waals surface area contributed by atoms with Crippen molar-refractivity contribution in [2.24, 2.45) is 0 Å². The maximum atomic E-state index is 4.30. The lowest BCUT2D eigenvalue weighted by Crippen LogP contribution is -2.02. The van der Waals surface area contributed by atoms with Crippen molar-refractivity contribution in [3.8, 4) is 0 Å². The van der Waals surface area contributed by atoms with Crippen LogP contribution in [-0.4, -0.2) is 9.83 Å². The molecule has 7 heavy (non-hydrogen) atoms. The van der Waals surface area contributed by atoms with Crippen molar-refractivity contribution < 1.29 is 0 Å². The first-order valence-electron chi connectivity index (χ1n) is 2.42. The standard InChI is InChI=1S/C5H12S2/c1-4-7-5(2,3)6/h6H,4H2,1-3H3. The van der Waals surface area contributed by atoms with E-state index in [2.05, 4.69) is 33.4 Å². The van der Waals surface area contributed by atoms with Gasteiger partial charge < -0.3 is 0 Å². The van der Waals surface area contributed by atoms with Crippen molar-refractivity contribution in [1.82, 2.24) is 0 Å². The van der Waals surface area contributed by atoms with Gasteiger partial charge in [0.25, 0.3) is 0 Å². The lowest BCUT2D eigenvalue weighted by molar-refractivity contribution is 1.04. The van der Waals surface area contributed by atoms with Gasteiger partial charge in [-0.05, 0) is 19.6 Å². The molecule has 0 heterocycles. The summed E-state index contributed by atoms with van der Waals surface area (Å²) in [7, 11) is 0. The fraction of sp³-hybridized carbons (Fsp3) is 1.00. The Labute approximate surface area is 55.5 Å². The normalized spacial score (nSPS) is 12.0. The zero-order chi connectivity index (χ0) is 5.91. The molecule has 0 saturated carbocycles. The van der Waals surface area contributed by atoms with Gasteiger partial charge in [0, 0.05) is 0 Å². The maximum Gasteiger partial charge on any atom is 0.0525 e. The summed E-state index contributed by atoms with van der Waals surface area (Å²) in [5.74, 6) is 1.15. The molecular formula is C5H12S2.